The molecule has 0 spiro atoms. The molecule has 0 fully saturated rings. The fourth-order valence-corrected chi connectivity index (χ4v) is 2.84. The first-order chi connectivity index (χ1) is 10.7. The van der Waals surface area contributed by atoms with Crippen molar-refractivity contribution in [2.75, 3.05) is 17.2 Å². The van der Waals surface area contributed by atoms with Gasteiger partial charge >= 0.3 is 6.18 Å². The predicted molar refractivity (Wildman–Crippen MR) is 89.6 cm³/mol. The lowest BCUT2D eigenvalue weighted by molar-refractivity contribution is -0.138. The van der Waals surface area contributed by atoms with Gasteiger partial charge in [0.2, 0.25) is 0 Å². The highest BCUT2D eigenvalue weighted by Crippen LogP contribution is 2.35. The number of anilines is 2. The van der Waals surface area contributed by atoms with E-state index in [-0.39, 0.29) is 42.4 Å². The van der Waals surface area contributed by atoms with Crippen molar-refractivity contribution in [2.24, 2.45) is 0 Å². The number of halogens is 3. The largest absolute Gasteiger partial charge is 0.416 e. The summed E-state index contributed by atoms with van der Waals surface area (Å²) < 4.78 is 40.1. The molecule has 1 aromatic heterocycles. The number of aryl methyl sites for hydroxylation is 1. The molecule has 130 valence electrons. The van der Waals surface area contributed by atoms with Crippen LogP contribution < -0.4 is 10.6 Å². The minimum Gasteiger partial charge on any atom is -0.396 e. The second-order valence-electron chi connectivity index (χ2n) is 5.65. The predicted octanol–water partition coefficient (Wildman–Crippen LogP) is 3.13. The summed E-state index contributed by atoms with van der Waals surface area (Å²) >= 11 is 0. The van der Waals surface area contributed by atoms with Crippen LogP contribution in [0.1, 0.15) is 34.6 Å². The summed E-state index contributed by atoms with van der Waals surface area (Å²) in [5.74, 6) is -0.364. The molecular weight excluding hydrogens is 341 g/mol. The Morgan fingerprint density at radius 3 is 2.58 bits per heavy atom. The number of alkyl halides is 3. The number of nitrogen functional groups attached to an aromatic ring is 1. The van der Waals surface area contributed by atoms with Gasteiger partial charge in [-0.05, 0) is 37.6 Å². The highest BCUT2D eigenvalue weighted by atomic mass is 32.1. The van der Waals surface area contributed by atoms with Gasteiger partial charge in [-0.2, -0.15) is 31.8 Å². The Hall–Kier alpha value is -2.16. The zero-order valence-electron chi connectivity index (χ0n) is 13.1. The number of rotatable bonds is 1. The van der Waals surface area contributed by atoms with Gasteiger partial charge in [0.05, 0.1) is 23.5 Å². The Labute approximate surface area is 143 Å². The van der Waals surface area contributed by atoms with Gasteiger partial charge in [-0.3, -0.25) is 9.48 Å². The van der Waals surface area contributed by atoms with Gasteiger partial charge in [0.25, 0.3) is 5.91 Å². The monoisotopic (exact) mass is 358 g/mol. The summed E-state index contributed by atoms with van der Waals surface area (Å²) in [7, 11) is 0. The lowest BCUT2D eigenvalue weighted by atomic mass is 10.1. The van der Waals surface area contributed by atoms with Crippen molar-refractivity contribution in [1.29, 1.82) is 0 Å². The minimum absolute atomic E-state index is 0. The molecule has 2 aromatic rings. The Morgan fingerprint density at radius 1 is 1.33 bits per heavy atom. The summed E-state index contributed by atoms with van der Waals surface area (Å²) in [6, 6.07) is 3.55. The molecule has 1 aromatic carbocycles. The zero-order chi connectivity index (χ0) is 16.9. The van der Waals surface area contributed by atoms with E-state index in [1.807, 2.05) is 6.92 Å². The van der Waals surface area contributed by atoms with Gasteiger partial charge in [-0.25, -0.2) is 0 Å². The number of carbonyl (C=O) groups is 1. The molecule has 3 rings (SSSR count). The number of benzene rings is 1. The van der Waals surface area contributed by atoms with E-state index in [0.717, 1.165) is 6.07 Å². The number of nitrogens with zero attached hydrogens (tertiary/aromatic N) is 3. The van der Waals surface area contributed by atoms with Crippen LogP contribution in [0.5, 0.6) is 0 Å². The van der Waals surface area contributed by atoms with Crippen LogP contribution in [-0.4, -0.2) is 22.2 Å². The van der Waals surface area contributed by atoms with Crippen LogP contribution in [0.2, 0.25) is 0 Å². The summed E-state index contributed by atoms with van der Waals surface area (Å²) in [6.45, 7) is 3.56. The van der Waals surface area contributed by atoms with Gasteiger partial charge in [0.15, 0.2) is 0 Å². The Bertz CT molecular complexity index is 788. The highest BCUT2D eigenvalue weighted by molar-refractivity contribution is 7.59. The van der Waals surface area contributed by atoms with E-state index in [9.17, 15) is 18.0 Å². The second-order valence-corrected chi connectivity index (χ2v) is 5.65. The topological polar surface area (TPSA) is 64.2 Å². The molecule has 2 N–H and O–H groups in total. The Kier molecular flexibility index (Phi) is 4.58. The lowest BCUT2D eigenvalue weighted by Gasteiger charge is -2.32. The molecule has 1 amide bonds. The molecule has 5 nitrogen and oxygen atoms in total. The molecular formula is C15H17F3N4OS. The summed E-state index contributed by atoms with van der Waals surface area (Å²) in [5, 5.41) is 4.08. The van der Waals surface area contributed by atoms with Crippen molar-refractivity contribution in [3.05, 3.63) is 41.2 Å². The molecule has 2 heterocycles. The van der Waals surface area contributed by atoms with Crippen LogP contribution in [0.15, 0.2) is 24.4 Å². The first kappa shape index (κ1) is 18.2. The van der Waals surface area contributed by atoms with E-state index in [0.29, 0.717) is 12.2 Å². The average molecular weight is 358 g/mol. The van der Waals surface area contributed by atoms with Gasteiger partial charge in [0, 0.05) is 12.2 Å². The lowest BCUT2D eigenvalue weighted by Crippen LogP contribution is -2.43. The maximum Gasteiger partial charge on any atom is 0.416 e. The summed E-state index contributed by atoms with van der Waals surface area (Å²) in [5.41, 5.74) is 6.09. The van der Waals surface area contributed by atoms with Crippen molar-refractivity contribution in [2.45, 2.75) is 26.1 Å². The Balaban J connectivity index is 0.00000208. The SMILES string of the molecule is Cc1cc(N2C[C@H](C)n3ncc(N)c3C2=O)ccc1C(F)(F)F.S. The van der Waals surface area contributed by atoms with Crippen molar-refractivity contribution in [3.63, 3.8) is 0 Å². The number of hydrogen-bond acceptors (Lipinski definition) is 3. The number of aromatic nitrogens is 2. The molecule has 0 unspecified atom stereocenters. The van der Waals surface area contributed by atoms with Crippen LogP contribution in [0.25, 0.3) is 0 Å². The van der Waals surface area contributed by atoms with Crippen molar-refractivity contribution >= 4 is 30.8 Å². The summed E-state index contributed by atoms with van der Waals surface area (Å²) in [4.78, 5) is 14.0. The maximum atomic E-state index is 12.9. The van der Waals surface area contributed by atoms with Crippen LogP contribution in [-0.2, 0) is 6.18 Å². The first-order valence-electron chi connectivity index (χ1n) is 7.03. The second kappa shape index (κ2) is 6.04. The van der Waals surface area contributed by atoms with E-state index in [1.54, 1.807) is 4.68 Å². The van der Waals surface area contributed by atoms with Crippen LogP contribution in [0, 0.1) is 6.92 Å². The van der Waals surface area contributed by atoms with Crippen molar-refractivity contribution in [3.8, 4) is 0 Å². The normalized spacial score (nSPS) is 17.5. The quantitative estimate of drug-likeness (QED) is 0.852. The van der Waals surface area contributed by atoms with E-state index >= 15 is 0 Å². The molecule has 1 atom stereocenters. The fraction of sp³-hybridized carbons (Fsp3) is 0.333. The van der Waals surface area contributed by atoms with Gasteiger partial charge in [0.1, 0.15) is 5.69 Å². The average Bonchev–Trinajstić information content (AvgIpc) is 2.84. The number of hydrogen-bond donors (Lipinski definition) is 1. The van der Waals surface area contributed by atoms with E-state index in [4.69, 9.17) is 5.73 Å². The molecule has 0 aliphatic carbocycles. The number of fused-ring (bicyclic) bond motifs is 1. The maximum absolute atomic E-state index is 12.9. The first-order valence-corrected chi connectivity index (χ1v) is 7.03. The Morgan fingerprint density at radius 2 is 2.00 bits per heavy atom. The summed E-state index contributed by atoms with van der Waals surface area (Å²) in [6.07, 6.45) is -3.00. The molecule has 0 saturated heterocycles. The third kappa shape index (κ3) is 2.83. The van der Waals surface area contributed by atoms with Gasteiger partial charge < -0.3 is 10.6 Å². The van der Waals surface area contributed by atoms with Gasteiger partial charge in [-0.1, -0.05) is 0 Å². The third-order valence-corrected chi connectivity index (χ3v) is 3.96. The molecule has 0 saturated carbocycles. The van der Waals surface area contributed by atoms with E-state index in [1.165, 1.54) is 30.2 Å². The highest BCUT2D eigenvalue weighted by Gasteiger charge is 2.35. The number of nitrogens with two attached hydrogens (primary N) is 1. The van der Waals surface area contributed by atoms with E-state index < -0.39 is 11.7 Å². The minimum atomic E-state index is -4.41. The molecule has 0 bridgehead atoms. The smallest absolute Gasteiger partial charge is 0.396 e. The molecule has 0 radical (unpaired) electrons. The molecule has 9 heteroatoms. The standard InChI is InChI=1S/C15H15F3N4O.H2S/c1-8-5-10(3-4-11(8)15(16,17)18)21-7-9(2)22-13(14(21)23)12(19)6-20-22;/h3-6,9H,7,19H2,1-2H3;1H2/t9-;/m0./s1. The van der Waals surface area contributed by atoms with Crippen molar-refractivity contribution < 1.29 is 18.0 Å². The molecule has 1 aliphatic rings. The van der Waals surface area contributed by atoms with Crippen LogP contribution >= 0.6 is 13.5 Å². The van der Waals surface area contributed by atoms with Crippen LogP contribution in [0.4, 0.5) is 24.5 Å². The fourth-order valence-electron chi connectivity index (χ4n) is 2.84. The van der Waals surface area contributed by atoms with Crippen molar-refractivity contribution in [1.82, 2.24) is 9.78 Å². The molecule has 1 aliphatic heterocycles. The number of carbonyl (C=O) groups excluding carboxylic acids is 1. The third-order valence-electron chi connectivity index (χ3n) is 3.96. The van der Waals surface area contributed by atoms with Gasteiger partial charge in [-0.15, -0.1) is 0 Å². The molecule has 24 heavy (non-hydrogen) atoms. The zero-order valence-corrected chi connectivity index (χ0v) is 14.1. The van der Waals surface area contributed by atoms with Crippen LogP contribution in [0.3, 0.4) is 0 Å². The van der Waals surface area contributed by atoms with E-state index in [2.05, 4.69) is 5.10 Å². The number of amides is 1.